The number of ether oxygens (including phenoxy) is 3. The Bertz CT molecular complexity index is 1200. The zero-order chi connectivity index (χ0) is 28.5. The molecule has 2 aromatic carbocycles. The van der Waals surface area contributed by atoms with Crippen molar-refractivity contribution in [1.29, 1.82) is 0 Å². The van der Waals surface area contributed by atoms with E-state index in [4.69, 9.17) is 25.7 Å². The van der Waals surface area contributed by atoms with Crippen molar-refractivity contribution in [3.8, 4) is 17.2 Å². The number of likely N-dealkylation sites (N-methyl/N-ethyl adjacent to an activating group) is 1. The van der Waals surface area contributed by atoms with Gasteiger partial charge in [0.1, 0.15) is 6.29 Å². The summed E-state index contributed by atoms with van der Waals surface area (Å²) in [5.41, 5.74) is 15.3. The minimum absolute atomic E-state index is 0.177. The van der Waals surface area contributed by atoms with Gasteiger partial charge in [0.2, 0.25) is 6.79 Å². The van der Waals surface area contributed by atoms with Crippen molar-refractivity contribution >= 4 is 5.69 Å². The maximum atomic E-state index is 15.6. The molecular formula is C29H43FN8O3. The summed E-state index contributed by atoms with van der Waals surface area (Å²) >= 11 is 0. The second-order valence-corrected chi connectivity index (χ2v) is 11.2. The average molecular weight is 571 g/mol. The minimum atomic E-state index is -0.630. The van der Waals surface area contributed by atoms with Crippen LogP contribution >= 0.6 is 0 Å². The Morgan fingerprint density at radius 1 is 0.976 bits per heavy atom. The summed E-state index contributed by atoms with van der Waals surface area (Å²) in [5.74, 6) is 1.34. The van der Waals surface area contributed by atoms with Crippen molar-refractivity contribution < 1.29 is 18.6 Å². The SMILES string of the molecule is CCN1CCCC1CN1CN(N2CCN(Cc3ccc4c(c3)OCO4)CC2)C(N)N(c2cccc(OC)c2F)C1N. The van der Waals surface area contributed by atoms with Crippen LogP contribution in [0.25, 0.3) is 0 Å². The number of anilines is 1. The monoisotopic (exact) mass is 570 g/mol. The predicted octanol–water partition coefficient (Wildman–Crippen LogP) is 1.65. The number of nitrogens with zero attached hydrogens (tertiary/aromatic N) is 6. The maximum Gasteiger partial charge on any atom is 0.231 e. The zero-order valence-electron chi connectivity index (χ0n) is 24.1. The number of piperazine rings is 1. The zero-order valence-corrected chi connectivity index (χ0v) is 24.1. The van der Waals surface area contributed by atoms with E-state index in [0.717, 1.165) is 70.3 Å². The third kappa shape index (κ3) is 5.70. The van der Waals surface area contributed by atoms with Gasteiger partial charge in [0, 0.05) is 45.3 Å². The number of hydrazine groups is 1. The summed E-state index contributed by atoms with van der Waals surface area (Å²) in [5, 5.41) is 4.46. The van der Waals surface area contributed by atoms with E-state index in [-0.39, 0.29) is 12.5 Å². The Morgan fingerprint density at radius 2 is 1.78 bits per heavy atom. The van der Waals surface area contributed by atoms with Gasteiger partial charge in [-0.15, -0.1) is 0 Å². The minimum Gasteiger partial charge on any atom is -0.494 e. The topological polar surface area (TPSA) is 99.2 Å². The van der Waals surface area contributed by atoms with Crippen LogP contribution in [0.15, 0.2) is 36.4 Å². The van der Waals surface area contributed by atoms with Crippen LogP contribution in [0.1, 0.15) is 25.3 Å². The first-order valence-electron chi connectivity index (χ1n) is 14.7. The van der Waals surface area contributed by atoms with Crippen LogP contribution in [0, 0.1) is 5.82 Å². The van der Waals surface area contributed by atoms with Gasteiger partial charge in [0.05, 0.1) is 19.5 Å². The Balaban J connectivity index is 1.19. The van der Waals surface area contributed by atoms with E-state index < -0.39 is 18.4 Å². The molecule has 0 aromatic heterocycles. The fourth-order valence-corrected chi connectivity index (χ4v) is 6.63. The van der Waals surface area contributed by atoms with Gasteiger partial charge in [-0.2, -0.15) is 5.01 Å². The third-order valence-electron chi connectivity index (χ3n) is 8.92. The third-order valence-corrected chi connectivity index (χ3v) is 8.92. The lowest BCUT2D eigenvalue weighted by atomic mass is 10.1. The number of likely N-dealkylation sites (tertiary alicyclic amines) is 1. The first kappa shape index (κ1) is 28.4. The molecule has 0 aliphatic carbocycles. The fraction of sp³-hybridized carbons (Fsp3) is 0.586. The molecule has 3 saturated heterocycles. The molecule has 6 rings (SSSR count). The second-order valence-electron chi connectivity index (χ2n) is 11.2. The lowest BCUT2D eigenvalue weighted by molar-refractivity contribution is -0.150. The van der Waals surface area contributed by atoms with Crippen LogP contribution in [0.2, 0.25) is 0 Å². The van der Waals surface area contributed by atoms with Crippen LogP contribution in [0.4, 0.5) is 10.1 Å². The van der Waals surface area contributed by atoms with Gasteiger partial charge >= 0.3 is 0 Å². The Kier molecular flexibility index (Phi) is 8.50. The van der Waals surface area contributed by atoms with Gasteiger partial charge in [0.15, 0.2) is 29.4 Å². The highest BCUT2D eigenvalue weighted by molar-refractivity contribution is 5.54. The van der Waals surface area contributed by atoms with E-state index in [1.54, 1.807) is 23.1 Å². The van der Waals surface area contributed by atoms with Gasteiger partial charge in [-0.05, 0) is 55.8 Å². The average Bonchev–Trinajstić information content (AvgIpc) is 3.65. The molecule has 0 bridgehead atoms. The Hall–Kier alpha value is -2.71. The molecule has 4 aliphatic rings. The Labute approximate surface area is 241 Å². The number of benzene rings is 2. The summed E-state index contributed by atoms with van der Waals surface area (Å²) < 4.78 is 31.9. The van der Waals surface area contributed by atoms with Gasteiger partial charge in [-0.25, -0.2) is 9.40 Å². The standard InChI is InChI=1S/C29H43FN8O3/c1-3-34-11-5-6-22(34)18-35-19-37(29(32)38(28(35)31)23-7-4-8-25(39-2)27(23)30)36-14-12-33(13-15-36)17-21-9-10-24-26(16-21)41-20-40-24/h4,7-10,16,22,28-29H,3,5-6,11-15,17-20,31-32H2,1-2H3. The van der Waals surface area contributed by atoms with Crippen molar-refractivity contribution in [3.05, 3.63) is 47.8 Å². The van der Waals surface area contributed by atoms with Crippen LogP contribution < -0.4 is 30.6 Å². The molecule has 12 heteroatoms. The van der Waals surface area contributed by atoms with E-state index in [1.807, 2.05) is 6.07 Å². The van der Waals surface area contributed by atoms with Gasteiger partial charge < -0.3 is 19.1 Å². The number of hydrogen-bond acceptors (Lipinski definition) is 11. The lowest BCUT2D eigenvalue weighted by Gasteiger charge is -2.55. The first-order chi connectivity index (χ1) is 20.0. The summed E-state index contributed by atoms with van der Waals surface area (Å²) in [4.78, 5) is 8.98. The number of methoxy groups -OCH3 is 1. The van der Waals surface area contributed by atoms with E-state index in [1.165, 1.54) is 19.1 Å². The van der Waals surface area contributed by atoms with Crippen molar-refractivity contribution in [2.75, 3.05) is 71.3 Å². The molecule has 11 nitrogen and oxygen atoms in total. The molecule has 3 fully saturated rings. The summed E-state index contributed by atoms with van der Waals surface area (Å²) in [6.07, 6.45) is 1.11. The molecule has 4 N–H and O–H groups in total. The van der Waals surface area contributed by atoms with Crippen molar-refractivity contribution in [2.24, 2.45) is 11.5 Å². The van der Waals surface area contributed by atoms with Crippen molar-refractivity contribution in [1.82, 2.24) is 24.7 Å². The normalized spacial score (nSPS) is 26.7. The van der Waals surface area contributed by atoms with E-state index in [9.17, 15) is 0 Å². The molecule has 4 heterocycles. The van der Waals surface area contributed by atoms with Crippen LogP contribution in [-0.4, -0.2) is 110 Å². The molecule has 4 aliphatic heterocycles. The molecule has 0 saturated carbocycles. The first-order valence-corrected chi connectivity index (χ1v) is 14.7. The quantitative estimate of drug-likeness (QED) is 0.485. The summed E-state index contributed by atoms with van der Waals surface area (Å²) in [6.45, 7) is 10.2. The van der Waals surface area contributed by atoms with Gasteiger partial charge in [0.25, 0.3) is 0 Å². The number of fused-ring (bicyclic) bond motifs is 1. The molecule has 0 spiro atoms. The van der Waals surface area contributed by atoms with E-state index in [2.05, 4.69) is 43.8 Å². The summed E-state index contributed by atoms with van der Waals surface area (Å²) in [7, 11) is 1.47. The Morgan fingerprint density at radius 3 is 2.56 bits per heavy atom. The molecule has 3 unspecified atom stereocenters. The molecule has 3 atom stereocenters. The van der Waals surface area contributed by atoms with Crippen LogP contribution in [-0.2, 0) is 6.54 Å². The molecule has 0 radical (unpaired) electrons. The van der Waals surface area contributed by atoms with Crippen molar-refractivity contribution in [2.45, 2.75) is 44.9 Å². The van der Waals surface area contributed by atoms with E-state index in [0.29, 0.717) is 18.4 Å². The highest BCUT2D eigenvalue weighted by Gasteiger charge is 2.42. The number of nitrogens with two attached hydrogens (primary N) is 2. The fourth-order valence-electron chi connectivity index (χ4n) is 6.63. The van der Waals surface area contributed by atoms with E-state index >= 15 is 4.39 Å². The molecule has 2 aromatic rings. The number of rotatable bonds is 8. The molecule has 0 amide bonds. The molecule has 224 valence electrons. The number of halogens is 1. The maximum absolute atomic E-state index is 15.6. The smallest absolute Gasteiger partial charge is 0.231 e. The van der Waals surface area contributed by atoms with Crippen LogP contribution in [0.5, 0.6) is 17.2 Å². The van der Waals surface area contributed by atoms with Crippen LogP contribution in [0.3, 0.4) is 0 Å². The highest BCUT2D eigenvalue weighted by Crippen LogP contribution is 2.34. The largest absolute Gasteiger partial charge is 0.494 e. The highest BCUT2D eigenvalue weighted by atomic mass is 19.1. The number of hydrogen-bond donors (Lipinski definition) is 2. The molecular weight excluding hydrogens is 527 g/mol. The predicted molar refractivity (Wildman–Crippen MR) is 154 cm³/mol. The van der Waals surface area contributed by atoms with Gasteiger partial charge in [-0.3, -0.25) is 26.2 Å². The second kappa shape index (κ2) is 12.3. The lowest BCUT2D eigenvalue weighted by Crippen LogP contribution is -2.76. The van der Waals surface area contributed by atoms with Crippen molar-refractivity contribution in [3.63, 3.8) is 0 Å². The molecule has 41 heavy (non-hydrogen) atoms. The van der Waals surface area contributed by atoms with Gasteiger partial charge in [-0.1, -0.05) is 19.1 Å². The summed E-state index contributed by atoms with van der Waals surface area (Å²) in [6, 6.07) is 11.7.